The van der Waals surface area contributed by atoms with Gasteiger partial charge in [0.1, 0.15) is 29.1 Å². The number of phenolic OH excluding ortho intramolecular Hbond substituents is 1. The summed E-state index contributed by atoms with van der Waals surface area (Å²) >= 11 is 0. The lowest BCUT2D eigenvalue weighted by Gasteiger charge is -2.21. The smallest absolute Gasteiger partial charge is 0.131 e. The molecule has 0 amide bonds. The van der Waals surface area contributed by atoms with E-state index in [1.807, 2.05) is 18.2 Å². The van der Waals surface area contributed by atoms with Crippen LogP contribution in [-0.2, 0) is 18.0 Å². The number of methoxy groups -OCH3 is 3. The van der Waals surface area contributed by atoms with Crippen LogP contribution >= 0.6 is 0 Å². The quantitative estimate of drug-likeness (QED) is 0.876. The molecule has 2 N–H and O–H groups in total. The summed E-state index contributed by atoms with van der Waals surface area (Å²) in [6.45, 7) is -0.0190. The first-order chi connectivity index (χ1) is 11.7. The molecular formula is C18H20O6. The SMILES string of the molecule is COc1cccc(OC)c1C1OCc2c(O)cc(CO)c(OC)c21. The second-order valence-corrected chi connectivity index (χ2v) is 5.41. The van der Waals surface area contributed by atoms with Gasteiger partial charge in [0.25, 0.3) is 0 Å². The Morgan fingerprint density at radius 2 is 1.75 bits per heavy atom. The molecule has 24 heavy (non-hydrogen) atoms. The highest BCUT2D eigenvalue weighted by atomic mass is 16.5. The standard InChI is InChI=1S/C18H20O6/c1-21-13-5-4-6-14(22-2)16(13)18-15-11(9-24-18)12(20)7-10(8-19)17(15)23-3/h4-7,18-20H,8-9H2,1-3H3. The third kappa shape index (κ3) is 2.44. The minimum absolute atomic E-state index is 0.0752. The summed E-state index contributed by atoms with van der Waals surface area (Å²) in [6, 6.07) is 6.97. The second kappa shape index (κ2) is 6.59. The normalized spacial score (nSPS) is 15.9. The van der Waals surface area contributed by atoms with E-state index in [2.05, 4.69) is 0 Å². The monoisotopic (exact) mass is 332 g/mol. The molecule has 1 aliphatic heterocycles. The minimum atomic E-state index is -0.529. The fourth-order valence-electron chi connectivity index (χ4n) is 3.17. The van der Waals surface area contributed by atoms with E-state index in [0.29, 0.717) is 39.5 Å². The van der Waals surface area contributed by atoms with Crippen molar-refractivity contribution in [2.45, 2.75) is 19.3 Å². The molecule has 0 bridgehead atoms. The van der Waals surface area contributed by atoms with E-state index in [0.717, 1.165) is 0 Å². The molecule has 1 heterocycles. The Balaban J connectivity index is 2.25. The van der Waals surface area contributed by atoms with Crippen LogP contribution in [0.5, 0.6) is 23.0 Å². The zero-order chi connectivity index (χ0) is 17.3. The first-order valence-electron chi connectivity index (χ1n) is 7.51. The van der Waals surface area contributed by atoms with Crippen molar-refractivity contribution >= 4 is 0 Å². The van der Waals surface area contributed by atoms with Crippen molar-refractivity contribution in [1.82, 2.24) is 0 Å². The number of hydrogen-bond acceptors (Lipinski definition) is 6. The van der Waals surface area contributed by atoms with Crippen LogP contribution in [0.3, 0.4) is 0 Å². The number of aliphatic hydroxyl groups is 1. The van der Waals surface area contributed by atoms with Crippen molar-refractivity contribution in [1.29, 1.82) is 0 Å². The number of aliphatic hydroxyl groups excluding tert-OH is 1. The van der Waals surface area contributed by atoms with E-state index >= 15 is 0 Å². The first kappa shape index (κ1) is 16.4. The van der Waals surface area contributed by atoms with Gasteiger partial charge in [0.2, 0.25) is 0 Å². The number of ether oxygens (including phenoxy) is 4. The molecule has 3 rings (SSSR count). The maximum atomic E-state index is 10.3. The Morgan fingerprint density at radius 3 is 2.29 bits per heavy atom. The molecular weight excluding hydrogens is 312 g/mol. The van der Waals surface area contributed by atoms with Gasteiger partial charge < -0.3 is 29.2 Å². The second-order valence-electron chi connectivity index (χ2n) is 5.41. The fourth-order valence-corrected chi connectivity index (χ4v) is 3.17. The molecule has 0 fully saturated rings. The zero-order valence-electron chi connectivity index (χ0n) is 13.8. The van der Waals surface area contributed by atoms with E-state index in [1.54, 1.807) is 14.2 Å². The zero-order valence-corrected chi connectivity index (χ0v) is 13.8. The lowest BCUT2D eigenvalue weighted by Crippen LogP contribution is -2.07. The Morgan fingerprint density at radius 1 is 1.08 bits per heavy atom. The third-order valence-electron chi connectivity index (χ3n) is 4.24. The molecule has 0 saturated heterocycles. The number of rotatable bonds is 5. The van der Waals surface area contributed by atoms with Crippen LogP contribution in [0.2, 0.25) is 0 Å². The van der Waals surface area contributed by atoms with E-state index in [1.165, 1.54) is 13.2 Å². The lowest BCUT2D eigenvalue weighted by molar-refractivity contribution is 0.0883. The topological polar surface area (TPSA) is 77.4 Å². The number of hydrogen-bond donors (Lipinski definition) is 2. The van der Waals surface area contributed by atoms with Crippen molar-refractivity contribution in [3.63, 3.8) is 0 Å². The van der Waals surface area contributed by atoms with E-state index in [4.69, 9.17) is 18.9 Å². The molecule has 6 nitrogen and oxygen atoms in total. The predicted octanol–water partition coefficient (Wildman–Crippen LogP) is 2.53. The molecule has 2 aromatic carbocycles. The first-order valence-corrected chi connectivity index (χ1v) is 7.51. The van der Waals surface area contributed by atoms with E-state index in [9.17, 15) is 10.2 Å². The molecule has 1 unspecified atom stereocenters. The van der Waals surface area contributed by atoms with Gasteiger partial charge >= 0.3 is 0 Å². The summed E-state index contributed by atoms with van der Waals surface area (Å²) in [5.74, 6) is 1.80. The average molecular weight is 332 g/mol. The van der Waals surface area contributed by atoms with Crippen molar-refractivity contribution in [2.24, 2.45) is 0 Å². The molecule has 0 aliphatic carbocycles. The summed E-state index contributed by atoms with van der Waals surface area (Å²) in [5, 5.41) is 19.9. The van der Waals surface area contributed by atoms with Crippen LogP contribution in [0.1, 0.15) is 28.4 Å². The van der Waals surface area contributed by atoms with Crippen LogP contribution < -0.4 is 14.2 Å². The summed E-state index contributed by atoms with van der Waals surface area (Å²) in [7, 11) is 4.68. The van der Waals surface area contributed by atoms with Gasteiger partial charge in [0.15, 0.2) is 0 Å². The number of aromatic hydroxyl groups is 1. The Bertz CT molecular complexity index is 733. The summed E-state index contributed by atoms with van der Waals surface area (Å²) < 4.78 is 22.4. The molecule has 1 aliphatic rings. The van der Waals surface area contributed by atoms with Crippen LogP contribution in [0, 0.1) is 0 Å². The predicted molar refractivity (Wildman–Crippen MR) is 86.8 cm³/mol. The van der Waals surface area contributed by atoms with Crippen LogP contribution in [0.4, 0.5) is 0 Å². The number of fused-ring (bicyclic) bond motifs is 1. The van der Waals surface area contributed by atoms with E-state index in [-0.39, 0.29) is 19.0 Å². The largest absolute Gasteiger partial charge is 0.508 e. The van der Waals surface area contributed by atoms with E-state index < -0.39 is 6.10 Å². The third-order valence-corrected chi connectivity index (χ3v) is 4.24. The summed E-state index contributed by atoms with van der Waals surface area (Å²) in [6.07, 6.45) is -0.529. The minimum Gasteiger partial charge on any atom is -0.508 e. The summed E-state index contributed by atoms with van der Waals surface area (Å²) in [4.78, 5) is 0. The van der Waals surface area contributed by atoms with Gasteiger partial charge in [-0.2, -0.15) is 0 Å². The van der Waals surface area contributed by atoms with Gasteiger partial charge in [0.05, 0.1) is 40.1 Å². The highest BCUT2D eigenvalue weighted by Crippen LogP contribution is 2.50. The Labute approximate surface area is 140 Å². The molecule has 0 spiro atoms. The van der Waals surface area contributed by atoms with Crippen molar-refractivity contribution in [2.75, 3.05) is 21.3 Å². The molecule has 6 heteroatoms. The average Bonchev–Trinajstić information content (AvgIpc) is 3.05. The van der Waals surface area contributed by atoms with Crippen molar-refractivity contribution < 1.29 is 29.2 Å². The van der Waals surface area contributed by atoms with Crippen LogP contribution in [-0.4, -0.2) is 31.5 Å². The van der Waals surface area contributed by atoms with Crippen LogP contribution in [0.25, 0.3) is 0 Å². The van der Waals surface area contributed by atoms with Gasteiger partial charge in [-0.15, -0.1) is 0 Å². The summed E-state index contributed by atoms with van der Waals surface area (Å²) in [5.41, 5.74) is 2.54. The molecule has 0 saturated carbocycles. The van der Waals surface area contributed by atoms with Gasteiger partial charge in [-0.3, -0.25) is 0 Å². The Hall–Kier alpha value is -2.44. The van der Waals surface area contributed by atoms with Crippen molar-refractivity contribution in [3.8, 4) is 23.0 Å². The van der Waals surface area contributed by atoms with Crippen LogP contribution in [0.15, 0.2) is 24.3 Å². The van der Waals surface area contributed by atoms with Gasteiger partial charge in [0, 0.05) is 16.7 Å². The molecule has 2 aromatic rings. The molecule has 0 radical (unpaired) electrons. The fraction of sp³-hybridized carbons (Fsp3) is 0.333. The van der Waals surface area contributed by atoms with Gasteiger partial charge in [-0.05, 0) is 18.2 Å². The molecule has 128 valence electrons. The Kier molecular flexibility index (Phi) is 4.51. The maximum absolute atomic E-state index is 10.3. The van der Waals surface area contributed by atoms with Gasteiger partial charge in [-0.25, -0.2) is 0 Å². The maximum Gasteiger partial charge on any atom is 0.131 e. The van der Waals surface area contributed by atoms with Gasteiger partial charge in [-0.1, -0.05) is 6.07 Å². The number of benzene rings is 2. The molecule has 0 aromatic heterocycles. The lowest BCUT2D eigenvalue weighted by atomic mass is 9.94. The highest BCUT2D eigenvalue weighted by molar-refractivity contribution is 5.61. The highest BCUT2D eigenvalue weighted by Gasteiger charge is 2.36. The number of phenols is 1. The van der Waals surface area contributed by atoms with Crippen molar-refractivity contribution in [3.05, 3.63) is 46.5 Å². The molecule has 1 atom stereocenters.